The van der Waals surface area contributed by atoms with Gasteiger partial charge in [-0.15, -0.1) is 0 Å². The van der Waals surface area contributed by atoms with E-state index in [9.17, 15) is 4.39 Å². The van der Waals surface area contributed by atoms with Gasteiger partial charge in [-0.25, -0.2) is 4.39 Å². The van der Waals surface area contributed by atoms with Crippen molar-refractivity contribution in [1.29, 1.82) is 0 Å². The Morgan fingerprint density at radius 2 is 2.29 bits per heavy atom. The smallest absolute Gasteiger partial charge is 0.227 e. The Labute approximate surface area is 98.6 Å². The van der Waals surface area contributed by atoms with E-state index in [1.807, 2.05) is 6.92 Å². The second-order valence-corrected chi connectivity index (χ2v) is 4.07. The van der Waals surface area contributed by atoms with Crippen LogP contribution in [0.15, 0.2) is 28.8 Å². The molecule has 5 heteroatoms. The molecule has 0 bridgehead atoms. The Hall–Kier alpha value is -1.75. The van der Waals surface area contributed by atoms with E-state index in [1.165, 1.54) is 12.1 Å². The van der Waals surface area contributed by atoms with Gasteiger partial charge in [-0.1, -0.05) is 24.2 Å². The standard InChI is InChI=1S/C12H14FN3O/c1-8(7-14)5-11-15-12(16-17-11)9-3-2-4-10(13)6-9/h2-4,6,8H,5,7,14H2,1H3. The van der Waals surface area contributed by atoms with E-state index < -0.39 is 0 Å². The van der Waals surface area contributed by atoms with Crippen molar-refractivity contribution in [3.8, 4) is 11.4 Å². The first kappa shape index (κ1) is 11.7. The van der Waals surface area contributed by atoms with Gasteiger partial charge in [0.2, 0.25) is 11.7 Å². The van der Waals surface area contributed by atoms with Gasteiger partial charge in [0.1, 0.15) is 5.82 Å². The lowest BCUT2D eigenvalue weighted by atomic mass is 10.1. The van der Waals surface area contributed by atoms with Crippen LogP contribution < -0.4 is 5.73 Å². The van der Waals surface area contributed by atoms with E-state index >= 15 is 0 Å². The third-order valence-corrected chi connectivity index (χ3v) is 2.48. The van der Waals surface area contributed by atoms with E-state index in [0.717, 1.165) is 0 Å². The van der Waals surface area contributed by atoms with Crippen LogP contribution in [0.1, 0.15) is 12.8 Å². The van der Waals surface area contributed by atoms with Crippen LogP contribution in [0.2, 0.25) is 0 Å². The van der Waals surface area contributed by atoms with Crippen molar-refractivity contribution in [2.24, 2.45) is 11.7 Å². The van der Waals surface area contributed by atoms with Crippen molar-refractivity contribution < 1.29 is 8.91 Å². The van der Waals surface area contributed by atoms with Crippen molar-refractivity contribution in [3.05, 3.63) is 36.0 Å². The van der Waals surface area contributed by atoms with Gasteiger partial charge in [-0.3, -0.25) is 0 Å². The van der Waals surface area contributed by atoms with Crippen LogP contribution >= 0.6 is 0 Å². The monoisotopic (exact) mass is 235 g/mol. The molecule has 0 spiro atoms. The molecule has 1 aromatic heterocycles. The van der Waals surface area contributed by atoms with Crippen molar-refractivity contribution in [3.63, 3.8) is 0 Å². The molecule has 90 valence electrons. The molecule has 4 nitrogen and oxygen atoms in total. The third kappa shape index (κ3) is 2.88. The highest BCUT2D eigenvalue weighted by Gasteiger charge is 2.11. The number of aromatic nitrogens is 2. The molecule has 0 saturated heterocycles. The molecule has 1 heterocycles. The quantitative estimate of drug-likeness (QED) is 0.880. The van der Waals surface area contributed by atoms with Crippen LogP contribution in [0, 0.1) is 11.7 Å². The number of halogens is 1. The minimum atomic E-state index is -0.316. The molecule has 1 atom stereocenters. The van der Waals surface area contributed by atoms with E-state index in [2.05, 4.69) is 10.1 Å². The maximum Gasteiger partial charge on any atom is 0.227 e. The molecule has 0 saturated carbocycles. The highest BCUT2D eigenvalue weighted by molar-refractivity contribution is 5.53. The second-order valence-electron chi connectivity index (χ2n) is 4.07. The lowest BCUT2D eigenvalue weighted by molar-refractivity contribution is 0.360. The molecule has 1 unspecified atom stereocenters. The minimum absolute atomic E-state index is 0.288. The molecule has 2 N–H and O–H groups in total. The fourth-order valence-electron chi connectivity index (χ4n) is 1.46. The van der Waals surface area contributed by atoms with Crippen LogP contribution in [0.3, 0.4) is 0 Å². The third-order valence-electron chi connectivity index (χ3n) is 2.48. The van der Waals surface area contributed by atoms with E-state index in [1.54, 1.807) is 12.1 Å². The van der Waals surface area contributed by atoms with Gasteiger partial charge < -0.3 is 10.3 Å². The summed E-state index contributed by atoms with van der Waals surface area (Å²) in [5.41, 5.74) is 6.13. The molecule has 2 aromatic rings. The summed E-state index contributed by atoms with van der Waals surface area (Å²) in [6, 6.07) is 6.11. The Morgan fingerprint density at radius 3 is 3.00 bits per heavy atom. The molecule has 0 aliphatic carbocycles. The first-order chi connectivity index (χ1) is 8.19. The van der Waals surface area contributed by atoms with Gasteiger partial charge >= 0.3 is 0 Å². The summed E-state index contributed by atoms with van der Waals surface area (Å²) in [5.74, 6) is 0.908. The van der Waals surface area contributed by atoms with Gasteiger partial charge in [0.25, 0.3) is 0 Å². The first-order valence-corrected chi connectivity index (χ1v) is 5.47. The van der Waals surface area contributed by atoms with Crippen molar-refractivity contribution in [1.82, 2.24) is 10.1 Å². The molecule has 17 heavy (non-hydrogen) atoms. The topological polar surface area (TPSA) is 64.9 Å². The number of nitrogens with zero attached hydrogens (tertiary/aromatic N) is 2. The van der Waals surface area contributed by atoms with Crippen LogP contribution in [-0.4, -0.2) is 16.7 Å². The van der Waals surface area contributed by atoms with Crippen LogP contribution in [-0.2, 0) is 6.42 Å². The Bertz CT molecular complexity index is 498. The lowest BCUT2D eigenvalue weighted by Gasteiger charge is -2.01. The molecule has 0 fully saturated rings. The van der Waals surface area contributed by atoms with Gasteiger partial charge in [-0.2, -0.15) is 4.98 Å². The van der Waals surface area contributed by atoms with Crippen molar-refractivity contribution in [2.75, 3.05) is 6.54 Å². The molecule has 0 radical (unpaired) electrons. The van der Waals surface area contributed by atoms with E-state index in [-0.39, 0.29) is 11.7 Å². The molecular formula is C12H14FN3O. The summed E-state index contributed by atoms with van der Waals surface area (Å²) in [7, 11) is 0. The molecule has 0 aliphatic heterocycles. The van der Waals surface area contributed by atoms with Crippen LogP contribution in [0.5, 0.6) is 0 Å². The highest BCUT2D eigenvalue weighted by atomic mass is 19.1. The highest BCUT2D eigenvalue weighted by Crippen LogP contribution is 2.17. The molecule has 0 aliphatic rings. The molecule has 1 aromatic carbocycles. The zero-order valence-electron chi connectivity index (χ0n) is 9.56. The normalized spacial score (nSPS) is 12.6. The average Bonchev–Trinajstić information content (AvgIpc) is 2.77. The maximum absolute atomic E-state index is 13.0. The summed E-state index contributed by atoms with van der Waals surface area (Å²) in [6.45, 7) is 2.57. The summed E-state index contributed by atoms with van der Waals surface area (Å²) >= 11 is 0. The summed E-state index contributed by atoms with van der Waals surface area (Å²) in [6.07, 6.45) is 0.638. The number of hydrogen-bond acceptors (Lipinski definition) is 4. The zero-order valence-corrected chi connectivity index (χ0v) is 9.56. The summed E-state index contributed by atoms with van der Waals surface area (Å²) in [4.78, 5) is 4.21. The fourth-order valence-corrected chi connectivity index (χ4v) is 1.46. The Morgan fingerprint density at radius 1 is 1.47 bits per heavy atom. The van der Waals surface area contributed by atoms with Crippen molar-refractivity contribution in [2.45, 2.75) is 13.3 Å². The predicted molar refractivity (Wildman–Crippen MR) is 61.6 cm³/mol. The molecule has 0 amide bonds. The minimum Gasteiger partial charge on any atom is -0.339 e. The van der Waals surface area contributed by atoms with Gasteiger partial charge in [0.05, 0.1) is 0 Å². The van der Waals surface area contributed by atoms with Crippen molar-refractivity contribution >= 4 is 0 Å². The summed E-state index contributed by atoms with van der Waals surface area (Å²) in [5, 5.41) is 3.82. The Balaban J connectivity index is 2.18. The van der Waals surface area contributed by atoms with Gasteiger partial charge in [0.15, 0.2) is 0 Å². The van der Waals surface area contributed by atoms with Crippen LogP contribution in [0.25, 0.3) is 11.4 Å². The average molecular weight is 235 g/mol. The molecule has 2 rings (SSSR count). The number of hydrogen-bond donors (Lipinski definition) is 1. The second kappa shape index (κ2) is 5.05. The Kier molecular flexibility index (Phi) is 3.49. The number of nitrogens with two attached hydrogens (primary N) is 1. The number of benzene rings is 1. The predicted octanol–water partition coefficient (Wildman–Crippen LogP) is 2.01. The van der Waals surface area contributed by atoms with Crippen LogP contribution in [0.4, 0.5) is 4.39 Å². The SMILES string of the molecule is CC(CN)Cc1nc(-c2cccc(F)c2)no1. The maximum atomic E-state index is 13.0. The zero-order chi connectivity index (χ0) is 12.3. The van der Waals surface area contributed by atoms with Gasteiger partial charge in [0, 0.05) is 12.0 Å². The largest absolute Gasteiger partial charge is 0.339 e. The first-order valence-electron chi connectivity index (χ1n) is 5.47. The molecular weight excluding hydrogens is 221 g/mol. The summed E-state index contributed by atoms with van der Waals surface area (Å²) < 4.78 is 18.1. The van der Waals surface area contributed by atoms with E-state index in [0.29, 0.717) is 30.2 Å². The fraction of sp³-hybridized carbons (Fsp3) is 0.333. The number of rotatable bonds is 4. The van der Waals surface area contributed by atoms with Gasteiger partial charge in [-0.05, 0) is 24.6 Å². The lowest BCUT2D eigenvalue weighted by Crippen LogP contribution is -2.13. The van der Waals surface area contributed by atoms with E-state index in [4.69, 9.17) is 10.3 Å².